The second-order valence-corrected chi connectivity index (χ2v) is 13.1. The molecule has 2 nitrogen and oxygen atoms in total. The second kappa shape index (κ2) is 7.73. The summed E-state index contributed by atoms with van der Waals surface area (Å²) in [4.78, 5) is 0. The number of hydrogen-bond donors (Lipinski definition) is 2. The summed E-state index contributed by atoms with van der Waals surface area (Å²) in [5.74, 6) is 2.51. The summed E-state index contributed by atoms with van der Waals surface area (Å²) in [6.45, 7) is 16.3. The molecule has 0 bridgehead atoms. The second-order valence-electron chi connectivity index (χ2n) is 13.1. The van der Waals surface area contributed by atoms with Gasteiger partial charge in [0.05, 0.1) is 11.7 Å². The van der Waals surface area contributed by atoms with Crippen molar-refractivity contribution >= 4 is 0 Å². The van der Waals surface area contributed by atoms with E-state index in [-0.39, 0.29) is 6.10 Å². The first kappa shape index (κ1) is 23.6. The predicted octanol–water partition coefficient (Wildman–Crippen LogP) is 7.06. The minimum Gasteiger partial charge on any atom is -0.393 e. The Morgan fingerprint density at radius 2 is 1.74 bits per heavy atom. The standard InChI is InChI=1S/C29H48O2/c1-19(9-8-15-26(3,4)31)21-12-17-29(7)24-11-10-22-20(2)25(30)14-16-27(22,5)23(24)13-18-28(21,29)6/h8,15,19-22,25,30-31H,9-14,16-18H2,1-7H3/b15-8+/t19-,20+,21-,22-,25+,27+,28-,29+/m1/s1. The molecule has 2 N–H and O–H groups in total. The Labute approximate surface area is 191 Å². The molecule has 2 saturated carbocycles. The van der Waals surface area contributed by atoms with Crippen LogP contribution in [0.4, 0.5) is 0 Å². The van der Waals surface area contributed by atoms with Crippen LogP contribution in [0.1, 0.15) is 106 Å². The van der Waals surface area contributed by atoms with Crippen molar-refractivity contribution in [1.29, 1.82) is 0 Å². The van der Waals surface area contributed by atoms with Gasteiger partial charge in [0.1, 0.15) is 0 Å². The fraction of sp³-hybridized carbons (Fsp3) is 0.862. The molecule has 0 spiro atoms. The van der Waals surface area contributed by atoms with Crippen molar-refractivity contribution in [2.45, 2.75) is 118 Å². The Morgan fingerprint density at radius 3 is 2.42 bits per heavy atom. The molecule has 4 aliphatic rings. The lowest BCUT2D eigenvalue weighted by molar-refractivity contribution is -0.0410. The van der Waals surface area contributed by atoms with Crippen molar-refractivity contribution in [2.75, 3.05) is 0 Å². The van der Waals surface area contributed by atoms with Crippen LogP contribution in [0.15, 0.2) is 23.3 Å². The van der Waals surface area contributed by atoms with Gasteiger partial charge < -0.3 is 10.2 Å². The topological polar surface area (TPSA) is 40.5 Å². The van der Waals surface area contributed by atoms with Crippen molar-refractivity contribution in [2.24, 2.45) is 39.9 Å². The summed E-state index contributed by atoms with van der Waals surface area (Å²) in [5.41, 5.74) is 3.99. The van der Waals surface area contributed by atoms with E-state index in [2.05, 4.69) is 40.7 Å². The Morgan fingerprint density at radius 1 is 1.03 bits per heavy atom. The van der Waals surface area contributed by atoms with Gasteiger partial charge in [0.2, 0.25) is 0 Å². The number of rotatable bonds is 4. The zero-order valence-corrected chi connectivity index (χ0v) is 21.3. The molecule has 2 heteroatoms. The van der Waals surface area contributed by atoms with Crippen molar-refractivity contribution in [1.82, 2.24) is 0 Å². The molecule has 0 radical (unpaired) electrons. The van der Waals surface area contributed by atoms with Gasteiger partial charge in [0, 0.05) is 0 Å². The highest BCUT2D eigenvalue weighted by molar-refractivity contribution is 5.38. The minimum atomic E-state index is -0.711. The van der Waals surface area contributed by atoms with Gasteiger partial charge in [-0.1, -0.05) is 57.9 Å². The molecule has 0 aromatic rings. The number of aliphatic hydroxyl groups is 2. The van der Waals surface area contributed by atoms with E-state index < -0.39 is 5.60 Å². The van der Waals surface area contributed by atoms with E-state index in [4.69, 9.17) is 0 Å². The quantitative estimate of drug-likeness (QED) is 0.471. The Kier molecular flexibility index (Phi) is 5.87. The van der Waals surface area contributed by atoms with E-state index in [0.717, 1.165) is 18.8 Å². The minimum absolute atomic E-state index is 0.0988. The molecule has 0 aliphatic heterocycles. The molecule has 0 heterocycles. The number of allylic oxidation sites excluding steroid dienone is 3. The number of hydrogen-bond acceptors (Lipinski definition) is 2. The van der Waals surface area contributed by atoms with Gasteiger partial charge in [-0.25, -0.2) is 0 Å². The van der Waals surface area contributed by atoms with Crippen LogP contribution >= 0.6 is 0 Å². The lowest BCUT2D eigenvalue weighted by Crippen LogP contribution is -2.51. The van der Waals surface area contributed by atoms with Crippen molar-refractivity contribution in [3.8, 4) is 0 Å². The molecule has 2 fully saturated rings. The van der Waals surface area contributed by atoms with Crippen LogP contribution in [-0.4, -0.2) is 21.9 Å². The van der Waals surface area contributed by atoms with Gasteiger partial charge in [0.15, 0.2) is 0 Å². The normalized spacial score (nSPS) is 46.6. The van der Waals surface area contributed by atoms with Crippen LogP contribution in [0.3, 0.4) is 0 Å². The monoisotopic (exact) mass is 428 g/mol. The summed E-state index contributed by atoms with van der Waals surface area (Å²) >= 11 is 0. The van der Waals surface area contributed by atoms with Gasteiger partial charge >= 0.3 is 0 Å². The van der Waals surface area contributed by atoms with Crippen molar-refractivity contribution in [3.05, 3.63) is 23.3 Å². The first-order valence-electron chi connectivity index (χ1n) is 13.1. The smallest absolute Gasteiger partial charge is 0.0771 e. The fourth-order valence-corrected chi connectivity index (χ4v) is 8.99. The zero-order valence-electron chi connectivity index (χ0n) is 21.3. The third-order valence-corrected chi connectivity index (χ3v) is 11.1. The van der Waals surface area contributed by atoms with Crippen LogP contribution in [0.5, 0.6) is 0 Å². The van der Waals surface area contributed by atoms with Crippen LogP contribution in [-0.2, 0) is 0 Å². The van der Waals surface area contributed by atoms with Crippen LogP contribution in [0.25, 0.3) is 0 Å². The molecule has 0 saturated heterocycles. The maximum absolute atomic E-state index is 10.5. The highest BCUT2D eigenvalue weighted by Gasteiger charge is 2.62. The lowest BCUT2D eigenvalue weighted by Gasteiger charge is -2.60. The van der Waals surface area contributed by atoms with E-state index in [9.17, 15) is 10.2 Å². The number of aliphatic hydroxyl groups excluding tert-OH is 1. The first-order valence-corrected chi connectivity index (χ1v) is 13.1. The molecule has 4 aliphatic carbocycles. The summed E-state index contributed by atoms with van der Waals surface area (Å²) in [5, 5.41) is 20.6. The summed E-state index contributed by atoms with van der Waals surface area (Å²) in [7, 11) is 0. The third-order valence-electron chi connectivity index (χ3n) is 11.1. The van der Waals surface area contributed by atoms with Gasteiger partial charge in [-0.2, -0.15) is 0 Å². The van der Waals surface area contributed by atoms with Crippen molar-refractivity contribution in [3.63, 3.8) is 0 Å². The molecule has 0 amide bonds. The largest absolute Gasteiger partial charge is 0.393 e. The average molecular weight is 429 g/mol. The zero-order chi connectivity index (χ0) is 22.8. The molecule has 4 rings (SSSR count). The SMILES string of the molecule is C[C@H]1[C@H]2CCC3=C(CC[C@]4(C)[C@@H]([C@H](C)C/C=C/C(C)(C)O)CC[C@@]34C)[C@@]2(C)CC[C@@H]1O. The highest BCUT2D eigenvalue weighted by Crippen LogP contribution is 2.71. The van der Waals surface area contributed by atoms with E-state index in [1.54, 1.807) is 0 Å². The molecule has 0 unspecified atom stereocenters. The van der Waals surface area contributed by atoms with Gasteiger partial charge in [0.25, 0.3) is 0 Å². The Bertz CT molecular complexity index is 757. The molecule has 8 atom stereocenters. The van der Waals surface area contributed by atoms with E-state index in [1.165, 1.54) is 44.9 Å². The fourth-order valence-electron chi connectivity index (χ4n) is 8.99. The van der Waals surface area contributed by atoms with Gasteiger partial charge in [-0.05, 0) is 112 Å². The summed E-state index contributed by atoms with van der Waals surface area (Å²) in [6.07, 6.45) is 15.1. The maximum Gasteiger partial charge on any atom is 0.0771 e. The van der Waals surface area contributed by atoms with Gasteiger partial charge in [-0.3, -0.25) is 0 Å². The van der Waals surface area contributed by atoms with Gasteiger partial charge in [-0.15, -0.1) is 0 Å². The lowest BCUT2D eigenvalue weighted by atomic mass is 9.45. The van der Waals surface area contributed by atoms with E-state index in [1.807, 2.05) is 31.1 Å². The van der Waals surface area contributed by atoms with Crippen LogP contribution < -0.4 is 0 Å². The van der Waals surface area contributed by atoms with E-state index in [0.29, 0.717) is 34.0 Å². The molecule has 176 valence electrons. The van der Waals surface area contributed by atoms with Crippen molar-refractivity contribution < 1.29 is 10.2 Å². The van der Waals surface area contributed by atoms with Crippen LogP contribution in [0.2, 0.25) is 0 Å². The molecular formula is C29H48O2. The third kappa shape index (κ3) is 3.59. The highest BCUT2D eigenvalue weighted by atomic mass is 16.3. The predicted molar refractivity (Wildman–Crippen MR) is 130 cm³/mol. The first-order chi connectivity index (χ1) is 14.3. The molecule has 0 aromatic heterocycles. The molecule has 31 heavy (non-hydrogen) atoms. The average Bonchev–Trinajstić information content (AvgIpc) is 2.96. The Hall–Kier alpha value is -0.600. The van der Waals surface area contributed by atoms with Crippen LogP contribution in [0, 0.1) is 39.9 Å². The maximum atomic E-state index is 10.5. The molecule has 0 aromatic carbocycles. The van der Waals surface area contributed by atoms with E-state index >= 15 is 0 Å². The Balaban J connectivity index is 1.62. The summed E-state index contributed by atoms with van der Waals surface area (Å²) in [6, 6.07) is 0. The number of fused-ring (bicyclic) bond motifs is 4. The summed E-state index contributed by atoms with van der Waals surface area (Å²) < 4.78 is 0. The molecular weight excluding hydrogens is 380 g/mol.